The fourth-order valence-electron chi connectivity index (χ4n) is 1.19. The number of carbonyl (C=O) groups excluding carboxylic acids is 1. The van der Waals surface area contributed by atoms with Gasteiger partial charge in [-0.05, 0) is 27.3 Å². The highest BCUT2D eigenvalue weighted by Crippen LogP contribution is 2.18. The van der Waals surface area contributed by atoms with E-state index in [4.69, 9.17) is 10.5 Å². The Hall–Kier alpha value is -0.480. The minimum absolute atomic E-state index is 0. The zero-order valence-corrected chi connectivity index (χ0v) is 9.76. The molecule has 1 aliphatic heterocycles. The molecule has 1 fully saturated rings. The number of rotatable bonds is 1. The van der Waals surface area contributed by atoms with Gasteiger partial charge >= 0.3 is 6.09 Å². The van der Waals surface area contributed by atoms with Gasteiger partial charge in [-0.25, -0.2) is 4.79 Å². The Morgan fingerprint density at radius 2 is 2.00 bits per heavy atom. The number of halogens is 1. The number of amides is 1. The maximum atomic E-state index is 11.4. The van der Waals surface area contributed by atoms with Gasteiger partial charge in [0.1, 0.15) is 5.60 Å². The summed E-state index contributed by atoms with van der Waals surface area (Å²) in [6, 6.07) is 0. The van der Waals surface area contributed by atoms with Crippen molar-refractivity contribution < 1.29 is 9.53 Å². The van der Waals surface area contributed by atoms with Crippen molar-refractivity contribution in [2.45, 2.75) is 26.4 Å². The van der Waals surface area contributed by atoms with Crippen molar-refractivity contribution in [3.8, 4) is 0 Å². The van der Waals surface area contributed by atoms with Crippen LogP contribution in [-0.4, -0.2) is 36.2 Å². The van der Waals surface area contributed by atoms with E-state index in [0.717, 1.165) is 13.1 Å². The van der Waals surface area contributed by atoms with Crippen LogP contribution in [0.4, 0.5) is 4.79 Å². The molecule has 0 aromatic rings. The summed E-state index contributed by atoms with van der Waals surface area (Å²) in [6.45, 7) is 7.73. The Bertz CT molecular complexity index is 197. The molecule has 0 aliphatic carbocycles. The highest BCUT2D eigenvalue weighted by atomic mass is 35.5. The van der Waals surface area contributed by atoms with Gasteiger partial charge in [0.15, 0.2) is 0 Å². The molecule has 1 saturated heterocycles. The smallest absolute Gasteiger partial charge is 0.410 e. The molecule has 0 spiro atoms. The van der Waals surface area contributed by atoms with Crippen molar-refractivity contribution in [1.29, 1.82) is 0 Å². The highest BCUT2D eigenvalue weighted by Gasteiger charge is 2.32. The molecular weight excluding hydrogens is 204 g/mol. The van der Waals surface area contributed by atoms with Gasteiger partial charge in [-0.1, -0.05) is 0 Å². The summed E-state index contributed by atoms with van der Waals surface area (Å²) >= 11 is 0. The lowest BCUT2D eigenvalue weighted by atomic mass is 10.0. The first kappa shape index (κ1) is 13.5. The molecule has 0 unspecified atom stereocenters. The van der Waals surface area contributed by atoms with Gasteiger partial charge in [-0.3, -0.25) is 0 Å². The van der Waals surface area contributed by atoms with E-state index >= 15 is 0 Å². The van der Waals surface area contributed by atoms with Gasteiger partial charge in [0.2, 0.25) is 0 Å². The molecule has 1 aliphatic rings. The predicted molar refractivity (Wildman–Crippen MR) is 57.6 cm³/mol. The first-order valence-electron chi connectivity index (χ1n) is 4.60. The minimum atomic E-state index is -0.398. The molecule has 4 nitrogen and oxygen atoms in total. The third-order valence-electron chi connectivity index (χ3n) is 1.94. The monoisotopic (exact) mass is 222 g/mol. The third kappa shape index (κ3) is 3.72. The maximum Gasteiger partial charge on any atom is 0.410 e. The number of ether oxygens (including phenoxy) is 1. The lowest BCUT2D eigenvalue weighted by Crippen LogP contribution is -2.53. The van der Waals surface area contributed by atoms with Gasteiger partial charge in [0, 0.05) is 19.0 Å². The van der Waals surface area contributed by atoms with Crippen molar-refractivity contribution in [2.24, 2.45) is 11.7 Å². The Morgan fingerprint density at radius 3 is 2.36 bits per heavy atom. The van der Waals surface area contributed by atoms with Crippen LogP contribution in [-0.2, 0) is 4.74 Å². The van der Waals surface area contributed by atoms with Crippen LogP contribution in [0, 0.1) is 5.92 Å². The van der Waals surface area contributed by atoms with Crippen molar-refractivity contribution >= 4 is 18.5 Å². The number of likely N-dealkylation sites (tertiary alicyclic amines) is 1. The summed E-state index contributed by atoms with van der Waals surface area (Å²) in [4.78, 5) is 13.0. The van der Waals surface area contributed by atoms with Gasteiger partial charge in [-0.2, -0.15) is 0 Å². The van der Waals surface area contributed by atoms with Crippen LogP contribution in [0.25, 0.3) is 0 Å². The maximum absolute atomic E-state index is 11.4. The Labute approximate surface area is 91.2 Å². The van der Waals surface area contributed by atoms with Crippen LogP contribution in [0.5, 0.6) is 0 Å². The van der Waals surface area contributed by atoms with Crippen molar-refractivity contribution in [3.63, 3.8) is 0 Å². The molecule has 0 atom stereocenters. The summed E-state index contributed by atoms with van der Waals surface area (Å²) < 4.78 is 5.18. The van der Waals surface area contributed by atoms with E-state index in [-0.39, 0.29) is 18.5 Å². The van der Waals surface area contributed by atoms with Gasteiger partial charge in [-0.15, -0.1) is 12.4 Å². The van der Waals surface area contributed by atoms with Gasteiger partial charge in [0.05, 0.1) is 0 Å². The molecule has 0 radical (unpaired) electrons. The molecule has 2 N–H and O–H groups in total. The molecule has 1 amide bonds. The Morgan fingerprint density at radius 1 is 1.50 bits per heavy atom. The van der Waals surface area contributed by atoms with E-state index in [0.29, 0.717) is 12.5 Å². The van der Waals surface area contributed by atoms with Crippen LogP contribution in [0.1, 0.15) is 20.8 Å². The normalized spacial score (nSPS) is 17.0. The average molecular weight is 223 g/mol. The summed E-state index contributed by atoms with van der Waals surface area (Å²) in [5, 5.41) is 0. The third-order valence-corrected chi connectivity index (χ3v) is 1.94. The lowest BCUT2D eigenvalue weighted by molar-refractivity contribution is 0.000346. The van der Waals surface area contributed by atoms with Crippen LogP contribution >= 0.6 is 12.4 Å². The summed E-state index contributed by atoms with van der Waals surface area (Å²) in [5.41, 5.74) is 5.05. The molecule has 0 aromatic heterocycles. The largest absolute Gasteiger partial charge is 0.444 e. The van der Waals surface area contributed by atoms with E-state index in [9.17, 15) is 4.79 Å². The van der Waals surface area contributed by atoms with E-state index in [1.54, 1.807) is 4.90 Å². The molecule has 1 heterocycles. The van der Waals surface area contributed by atoms with Gasteiger partial charge < -0.3 is 15.4 Å². The number of hydrogen-bond acceptors (Lipinski definition) is 3. The Balaban J connectivity index is 0.00000169. The van der Waals surface area contributed by atoms with Crippen molar-refractivity contribution in [3.05, 3.63) is 0 Å². The number of nitrogens with zero attached hydrogens (tertiary/aromatic N) is 1. The van der Waals surface area contributed by atoms with Crippen LogP contribution in [0.2, 0.25) is 0 Å². The van der Waals surface area contributed by atoms with Crippen molar-refractivity contribution in [2.75, 3.05) is 19.6 Å². The van der Waals surface area contributed by atoms with Gasteiger partial charge in [0.25, 0.3) is 0 Å². The van der Waals surface area contributed by atoms with Crippen LogP contribution < -0.4 is 5.73 Å². The average Bonchev–Trinajstić information content (AvgIpc) is 1.79. The van der Waals surface area contributed by atoms with E-state index in [2.05, 4.69) is 0 Å². The van der Waals surface area contributed by atoms with E-state index in [1.807, 2.05) is 20.8 Å². The SMILES string of the molecule is CC(C)(C)OC(=O)N1CC(CN)C1.Cl. The molecule has 5 heteroatoms. The zero-order chi connectivity index (χ0) is 10.1. The van der Waals surface area contributed by atoms with E-state index < -0.39 is 5.60 Å². The highest BCUT2D eigenvalue weighted by molar-refractivity contribution is 5.85. The first-order valence-corrected chi connectivity index (χ1v) is 4.60. The second-order valence-electron chi connectivity index (χ2n) is 4.49. The molecule has 84 valence electrons. The summed E-state index contributed by atoms with van der Waals surface area (Å²) in [7, 11) is 0. The lowest BCUT2D eigenvalue weighted by Gasteiger charge is -2.39. The van der Waals surface area contributed by atoms with Crippen LogP contribution in [0.15, 0.2) is 0 Å². The number of nitrogens with two attached hydrogens (primary N) is 1. The number of hydrogen-bond donors (Lipinski definition) is 1. The molecule has 0 bridgehead atoms. The fraction of sp³-hybridized carbons (Fsp3) is 0.889. The topological polar surface area (TPSA) is 55.6 Å². The summed E-state index contributed by atoms with van der Waals surface area (Å²) in [6.07, 6.45) is -0.225. The molecule has 0 aromatic carbocycles. The quantitative estimate of drug-likeness (QED) is 0.726. The standard InChI is InChI=1S/C9H18N2O2.ClH/c1-9(2,3)13-8(12)11-5-7(4-10)6-11;/h7H,4-6,10H2,1-3H3;1H. The second-order valence-corrected chi connectivity index (χ2v) is 4.49. The zero-order valence-electron chi connectivity index (χ0n) is 8.95. The number of carbonyl (C=O) groups is 1. The second kappa shape index (κ2) is 4.84. The van der Waals surface area contributed by atoms with E-state index in [1.165, 1.54) is 0 Å². The molecule has 14 heavy (non-hydrogen) atoms. The first-order chi connectivity index (χ1) is 5.92. The molecular formula is C9H19ClN2O2. The van der Waals surface area contributed by atoms with Crippen molar-refractivity contribution in [1.82, 2.24) is 4.90 Å². The molecule has 0 saturated carbocycles. The Kier molecular flexibility index (Phi) is 4.68. The minimum Gasteiger partial charge on any atom is -0.444 e. The van der Waals surface area contributed by atoms with Crippen LogP contribution in [0.3, 0.4) is 0 Å². The molecule has 1 rings (SSSR count). The predicted octanol–water partition coefficient (Wildman–Crippen LogP) is 1.23. The fourth-order valence-corrected chi connectivity index (χ4v) is 1.19. The summed E-state index contributed by atoms with van der Waals surface area (Å²) in [5.74, 6) is 0.465.